The van der Waals surface area contributed by atoms with E-state index in [4.69, 9.17) is 4.74 Å². The van der Waals surface area contributed by atoms with E-state index in [0.717, 1.165) is 0 Å². The monoisotopic (exact) mass is 460 g/mol. The highest BCUT2D eigenvalue weighted by molar-refractivity contribution is 6.05. The molecule has 0 aliphatic carbocycles. The van der Waals surface area contributed by atoms with E-state index in [0.29, 0.717) is 48.4 Å². The fraction of sp³-hybridized carbons (Fsp3) is 0.565. The Hall–Kier alpha value is -3.30. The van der Waals surface area contributed by atoms with Crippen molar-refractivity contribution in [1.82, 2.24) is 15.5 Å². The standard InChI is InChI=1S/C23H32N4O6/c1-5-19(28)24-8-10-27-17-12-16(14(2)11-18(17)33-23(3,4)21(27)30)20(29)25-15-7-6-9-26(13-15)22(31)32/h11-12,15H,5-10,13H2,1-4H3,(H,24,28)(H,25,29)(H,31,32)/t15-/m1/s1. The molecule has 1 fully saturated rings. The fourth-order valence-electron chi connectivity index (χ4n) is 4.15. The number of likely N-dealkylation sites (tertiary alicyclic amines) is 1. The van der Waals surface area contributed by atoms with E-state index in [-0.39, 0.29) is 43.4 Å². The minimum absolute atomic E-state index is 0.109. The Balaban J connectivity index is 1.84. The number of amides is 4. The lowest BCUT2D eigenvalue weighted by Gasteiger charge is -2.39. The molecule has 0 radical (unpaired) electrons. The maximum atomic E-state index is 13.1. The van der Waals surface area contributed by atoms with Gasteiger partial charge in [0, 0.05) is 44.2 Å². The number of anilines is 1. The second-order valence-corrected chi connectivity index (χ2v) is 8.95. The summed E-state index contributed by atoms with van der Waals surface area (Å²) in [7, 11) is 0. The molecule has 180 valence electrons. The summed E-state index contributed by atoms with van der Waals surface area (Å²) in [6.07, 6.45) is 0.722. The number of rotatable bonds is 6. The molecule has 0 aromatic heterocycles. The molecule has 2 heterocycles. The molecule has 0 spiro atoms. The van der Waals surface area contributed by atoms with Gasteiger partial charge in [0.2, 0.25) is 5.91 Å². The maximum Gasteiger partial charge on any atom is 0.407 e. The lowest BCUT2D eigenvalue weighted by molar-refractivity contribution is -0.132. The van der Waals surface area contributed by atoms with Crippen LogP contribution in [0, 0.1) is 6.92 Å². The summed E-state index contributed by atoms with van der Waals surface area (Å²) in [6.45, 7) is 8.12. The number of piperidine rings is 1. The summed E-state index contributed by atoms with van der Waals surface area (Å²) in [4.78, 5) is 51.9. The first-order valence-electron chi connectivity index (χ1n) is 11.2. The molecule has 2 aliphatic rings. The molecular weight excluding hydrogens is 428 g/mol. The fourth-order valence-corrected chi connectivity index (χ4v) is 4.15. The second-order valence-electron chi connectivity index (χ2n) is 8.95. The van der Waals surface area contributed by atoms with Gasteiger partial charge in [-0.3, -0.25) is 14.4 Å². The van der Waals surface area contributed by atoms with Gasteiger partial charge in [0.25, 0.3) is 11.8 Å². The molecule has 4 amide bonds. The number of nitrogens with zero attached hydrogens (tertiary/aromatic N) is 2. The van der Waals surface area contributed by atoms with Crippen LogP contribution >= 0.6 is 0 Å². The predicted octanol–water partition coefficient (Wildman–Crippen LogP) is 1.90. The number of carbonyl (C=O) groups excluding carboxylic acids is 3. The highest BCUT2D eigenvalue weighted by Gasteiger charge is 2.41. The first-order chi connectivity index (χ1) is 15.5. The Kier molecular flexibility index (Phi) is 7.14. The quantitative estimate of drug-likeness (QED) is 0.595. The van der Waals surface area contributed by atoms with Crippen LogP contribution in [0.2, 0.25) is 0 Å². The van der Waals surface area contributed by atoms with Gasteiger partial charge in [0.1, 0.15) is 5.75 Å². The Labute approximate surface area is 193 Å². The average molecular weight is 461 g/mol. The van der Waals surface area contributed by atoms with Crippen LogP contribution in [0.5, 0.6) is 5.75 Å². The van der Waals surface area contributed by atoms with Crippen LogP contribution in [-0.4, -0.2) is 71.6 Å². The Morgan fingerprint density at radius 2 is 2.00 bits per heavy atom. The number of aryl methyl sites for hydroxylation is 1. The van der Waals surface area contributed by atoms with Crippen LogP contribution in [0.1, 0.15) is 56.0 Å². The summed E-state index contributed by atoms with van der Waals surface area (Å²) in [5, 5.41) is 14.9. The van der Waals surface area contributed by atoms with E-state index in [1.165, 1.54) is 9.80 Å². The zero-order valence-corrected chi connectivity index (χ0v) is 19.6. The predicted molar refractivity (Wildman–Crippen MR) is 122 cm³/mol. The van der Waals surface area contributed by atoms with E-state index in [1.807, 2.05) is 0 Å². The zero-order chi connectivity index (χ0) is 24.3. The summed E-state index contributed by atoms with van der Waals surface area (Å²) in [5.41, 5.74) is 0.457. The van der Waals surface area contributed by atoms with E-state index in [9.17, 15) is 24.3 Å². The number of carboxylic acid groups (broad SMARTS) is 1. The molecule has 0 unspecified atom stereocenters. The largest absolute Gasteiger partial charge is 0.476 e. The van der Waals surface area contributed by atoms with Gasteiger partial charge in [-0.25, -0.2) is 4.79 Å². The number of fused-ring (bicyclic) bond motifs is 1. The van der Waals surface area contributed by atoms with Gasteiger partial charge < -0.3 is 30.3 Å². The molecule has 1 saturated heterocycles. The average Bonchev–Trinajstić information content (AvgIpc) is 2.75. The van der Waals surface area contributed by atoms with Crippen LogP contribution in [0.15, 0.2) is 12.1 Å². The zero-order valence-electron chi connectivity index (χ0n) is 19.6. The molecule has 33 heavy (non-hydrogen) atoms. The first-order valence-corrected chi connectivity index (χ1v) is 11.2. The third kappa shape index (κ3) is 5.37. The van der Waals surface area contributed by atoms with Gasteiger partial charge in [-0.1, -0.05) is 6.92 Å². The normalized spacial score (nSPS) is 19.4. The van der Waals surface area contributed by atoms with Crippen LogP contribution in [0.4, 0.5) is 10.5 Å². The van der Waals surface area contributed by atoms with Gasteiger partial charge in [-0.05, 0) is 51.3 Å². The van der Waals surface area contributed by atoms with E-state index in [1.54, 1.807) is 39.8 Å². The van der Waals surface area contributed by atoms with Gasteiger partial charge >= 0.3 is 6.09 Å². The molecule has 10 nitrogen and oxygen atoms in total. The Morgan fingerprint density at radius 3 is 2.67 bits per heavy atom. The van der Waals surface area contributed by atoms with E-state index >= 15 is 0 Å². The van der Waals surface area contributed by atoms with E-state index in [2.05, 4.69) is 10.6 Å². The molecule has 3 N–H and O–H groups in total. The Bertz CT molecular complexity index is 961. The number of nitrogens with one attached hydrogen (secondary N) is 2. The molecular formula is C23H32N4O6. The third-order valence-corrected chi connectivity index (χ3v) is 5.97. The summed E-state index contributed by atoms with van der Waals surface area (Å²) in [5.74, 6) is -0.211. The smallest absolute Gasteiger partial charge is 0.407 e. The first kappa shape index (κ1) is 24.3. The molecule has 0 bridgehead atoms. The minimum atomic E-state index is -1.08. The molecule has 3 rings (SSSR count). The van der Waals surface area contributed by atoms with Gasteiger partial charge in [-0.2, -0.15) is 0 Å². The maximum absolute atomic E-state index is 13.1. The molecule has 10 heteroatoms. The lowest BCUT2D eigenvalue weighted by Crippen LogP contribution is -2.54. The molecule has 1 aromatic carbocycles. The van der Waals surface area contributed by atoms with Crippen molar-refractivity contribution < 1.29 is 29.0 Å². The van der Waals surface area contributed by atoms with Crippen LogP contribution < -0.4 is 20.3 Å². The Morgan fingerprint density at radius 1 is 1.27 bits per heavy atom. The lowest BCUT2D eigenvalue weighted by atomic mass is 9.99. The SMILES string of the molecule is CCC(=O)NCCN1C(=O)C(C)(C)Oc2cc(C)c(C(=O)N[C@@H]3CCCN(C(=O)O)C3)cc21. The van der Waals surface area contributed by atoms with Crippen LogP contribution in [0.3, 0.4) is 0 Å². The van der Waals surface area contributed by atoms with Crippen molar-refractivity contribution in [1.29, 1.82) is 0 Å². The van der Waals surface area contributed by atoms with Crippen molar-refractivity contribution in [3.8, 4) is 5.75 Å². The van der Waals surface area contributed by atoms with Crippen molar-refractivity contribution in [2.24, 2.45) is 0 Å². The van der Waals surface area contributed by atoms with Crippen molar-refractivity contribution in [3.63, 3.8) is 0 Å². The number of hydrogen-bond donors (Lipinski definition) is 3. The summed E-state index contributed by atoms with van der Waals surface area (Å²) < 4.78 is 5.93. The number of carbonyl (C=O) groups is 4. The topological polar surface area (TPSA) is 128 Å². The van der Waals surface area contributed by atoms with Gasteiger partial charge in [-0.15, -0.1) is 0 Å². The second kappa shape index (κ2) is 9.68. The van der Waals surface area contributed by atoms with Crippen molar-refractivity contribution >= 4 is 29.5 Å². The third-order valence-electron chi connectivity index (χ3n) is 5.97. The highest BCUT2D eigenvalue weighted by atomic mass is 16.5. The summed E-state index contributed by atoms with van der Waals surface area (Å²) >= 11 is 0. The molecule has 1 aromatic rings. The van der Waals surface area contributed by atoms with Crippen molar-refractivity contribution in [2.75, 3.05) is 31.1 Å². The van der Waals surface area contributed by atoms with Crippen LogP contribution in [0.25, 0.3) is 0 Å². The summed E-state index contributed by atoms with van der Waals surface area (Å²) in [6, 6.07) is 3.09. The highest BCUT2D eigenvalue weighted by Crippen LogP contribution is 2.39. The van der Waals surface area contributed by atoms with E-state index < -0.39 is 11.7 Å². The van der Waals surface area contributed by atoms with Gasteiger partial charge in [0.05, 0.1) is 5.69 Å². The van der Waals surface area contributed by atoms with Crippen molar-refractivity contribution in [3.05, 3.63) is 23.3 Å². The minimum Gasteiger partial charge on any atom is -0.476 e. The molecule has 1 atom stereocenters. The van der Waals surface area contributed by atoms with Gasteiger partial charge in [0.15, 0.2) is 5.60 Å². The molecule has 2 aliphatic heterocycles. The number of hydrogen-bond acceptors (Lipinski definition) is 5. The number of ether oxygens (including phenoxy) is 1. The van der Waals surface area contributed by atoms with Crippen molar-refractivity contribution in [2.45, 2.75) is 58.6 Å². The number of benzene rings is 1. The molecule has 0 saturated carbocycles. The van der Waals surface area contributed by atoms with Crippen LogP contribution in [-0.2, 0) is 9.59 Å².